The van der Waals surface area contributed by atoms with Crippen molar-refractivity contribution in [3.8, 4) is 0 Å². The summed E-state index contributed by atoms with van der Waals surface area (Å²) in [5.41, 5.74) is 2.34. The van der Waals surface area contributed by atoms with Crippen LogP contribution in [0.4, 0.5) is 0 Å². The van der Waals surface area contributed by atoms with E-state index in [1.807, 2.05) is 19.1 Å². The van der Waals surface area contributed by atoms with E-state index in [1.165, 1.54) is 18.4 Å². The third-order valence-corrected chi connectivity index (χ3v) is 6.04. The van der Waals surface area contributed by atoms with Crippen LogP contribution in [0.1, 0.15) is 65.4 Å². The van der Waals surface area contributed by atoms with Gasteiger partial charge < -0.3 is 4.90 Å². The van der Waals surface area contributed by atoms with Crippen molar-refractivity contribution in [3.63, 3.8) is 0 Å². The predicted molar refractivity (Wildman–Crippen MR) is 109 cm³/mol. The first-order valence-corrected chi connectivity index (χ1v) is 11.0. The van der Waals surface area contributed by atoms with E-state index in [0.717, 1.165) is 18.4 Å². The van der Waals surface area contributed by atoms with Crippen LogP contribution in [0.15, 0.2) is 45.2 Å². The summed E-state index contributed by atoms with van der Waals surface area (Å²) < 4.78 is 30.1. The monoisotopic (exact) mass is 376 g/mol. The molecule has 26 heavy (non-hydrogen) atoms. The zero-order valence-electron chi connectivity index (χ0n) is 16.7. The van der Waals surface area contributed by atoms with Gasteiger partial charge in [0.15, 0.2) is 0 Å². The van der Waals surface area contributed by atoms with E-state index in [9.17, 15) is 8.42 Å². The van der Waals surface area contributed by atoms with E-state index in [2.05, 4.69) is 43.1 Å². The minimum Gasteiger partial charge on any atom is -0.354 e. The summed E-state index contributed by atoms with van der Waals surface area (Å²) in [5.74, 6) is 0.656. The molecule has 0 aliphatic heterocycles. The maximum atomic E-state index is 12.9. The van der Waals surface area contributed by atoms with Gasteiger partial charge in [-0.05, 0) is 72.4 Å². The molecule has 1 aliphatic rings. The number of benzene rings is 1. The summed E-state index contributed by atoms with van der Waals surface area (Å²) in [6.07, 6.45) is 7.38. The predicted octanol–water partition coefficient (Wildman–Crippen LogP) is 5.09. The highest BCUT2D eigenvalue weighted by Gasteiger charge is 2.23. The lowest BCUT2D eigenvalue weighted by Crippen LogP contribution is -2.42. The Kier molecular flexibility index (Phi) is 7.04. The van der Waals surface area contributed by atoms with Gasteiger partial charge >= 0.3 is 0 Å². The van der Waals surface area contributed by atoms with Crippen molar-refractivity contribution >= 4 is 15.9 Å². The molecule has 0 aromatic heterocycles. The van der Waals surface area contributed by atoms with E-state index >= 15 is 0 Å². The van der Waals surface area contributed by atoms with E-state index in [0.29, 0.717) is 12.3 Å². The quantitative estimate of drug-likeness (QED) is 0.395. The third kappa shape index (κ3) is 5.44. The maximum absolute atomic E-state index is 12.9. The maximum Gasteiger partial charge on any atom is 0.283 e. The van der Waals surface area contributed by atoms with Gasteiger partial charge in [-0.3, -0.25) is 0 Å². The normalized spacial score (nSPS) is 16.1. The number of allylic oxidation sites excluding steroid dienone is 1. The molecule has 0 heterocycles. The van der Waals surface area contributed by atoms with Gasteiger partial charge in [0.1, 0.15) is 5.84 Å². The van der Waals surface area contributed by atoms with Gasteiger partial charge in [0.05, 0.1) is 4.90 Å². The molecule has 2 rings (SSSR count). The van der Waals surface area contributed by atoms with Gasteiger partial charge in [0.2, 0.25) is 0 Å². The van der Waals surface area contributed by atoms with Crippen LogP contribution in [0.2, 0.25) is 0 Å². The molecule has 0 saturated heterocycles. The molecule has 1 aliphatic carbocycles. The minimum absolute atomic E-state index is 0.186. The number of amidine groups is 1. The summed E-state index contributed by atoms with van der Waals surface area (Å²) in [7, 11) is -3.72. The number of aryl methyl sites for hydroxylation is 1. The molecule has 0 saturated carbocycles. The van der Waals surface area contributed by atoms with Crippen molar-refractivity contribution in [1.29, 1.82) is 0 Å². The summed E-state index contributed by atoms with van der Waals surface area (Å²) in [6.45, 7) is 10.3. The minimum atomic E-state index is -3.72. The third-order valence-electron chi connectivity index (χ3n) is 4.73. The summed E-state index contributed by atoms with van der Waals surface area (Å²) in [6, 6.07) is 7.28. The fraction of sp³-hybridized carbons (Fsp3) is 0.571. The lowest BCUT2D eigenvalue weighted by molar-refractivity contribution is 0.288. The average Bonchev–Trinajstić information content (AvgIpc) is 2.55. The van der Waals surface area contributed by atoms with Gasteiger partial charge in [-0.15, -0.1) is 4.40 Å². The van der Waals surface area contributed by atoms with E-state index < -0.39 is 10.0 Å². The molecule has 1 aromatic carbocycles. The Labute approximate surface area is 159 Å². The molecule has 4 nitrogen and oxygen atoms in total. The number of nitrogens with zero attached hydrogens (tertiary/aromatic N) is 2. The van der Waals surface area contributed by atoms with Crippen LogP contribution in [0.25, 0.3) is 0 Å². The fourth-order valence-corrected chi connectivity index (χ4v) is 4.55. The van der Waals surface area contributed by atoms with Crippen molar-refractivity contribution in [2.45, 2.75) is 83.7 Å². The Morgan fingerprint density at radius 2 is 1.69 bits per heavy atom. The molecule has 0 spiro atoms. The Hall–Kier alpha value is -1.62. The molecule has 0 radical (unpaired) electrons. The molecule has 144 valence electrons. The zero-order valence-corrected chi connectivity index (χ0v) is 17.5. The van der Waals surface area contributed by atoms with E-state index in [4.69, 9.17) is 0 Å². The summed E-state index contributed by atoms with van der Waals surface area (Å²) >= 11 is 0. The molecule has 5 heteroatoms. The first kappa shape index (κ1) is 20.7. The highest BCUT2D eigenvalue weighted by Crippen LogP contribution is 2.24. The van der Waals surface area contributed by atoms with Crippen LogP contribution >= 0.6 is 0 Å². The van der Waals surface area contributed by atoms with Crippen LogP contribution in [0.5, 0.6) is 0 Å². The standard InChI is InChI=1S/C21H32N2O2S/c1-16(2)23(17(3)4)21(15-19-9-7-6-8-10-19)22-26(24,25)20-13-11-18(5)12-14-20/h9,11-14,16-17H,6-8,10,15H2,1-5H3/b22-21-. The Balaban J connectivity index is 2.45. The zero-order chi connectivity index (χ0) is 19.3. The van der Waals surface area contributed by atoms with Crippen molar-refractivity contribution < 1.29 is 8.42 Å². The number of hydrogen-bond donors (Lipinski definition) is 0. The highest BCUT2D eigenvalue weighted by molar-refractivity contribution is 7.90. The Morgan fingerprint density at radius 3 is 2.19 bits per heavy atom. The largest absolute Gasteiger partial charge is 0.354 e. The second kappa shape index (κ2) is 8.85. The van der Waals surface area contributed by atoms with Gasteiger partial charge in [0.25, 0.3) is 10.0 Å². The summed E-state index contributed by atoms with van der Waals surface area (Å²) in [4.78, 5) is 2.38. The topological polar surface area (TPSA) is 49.7 Å². The highest BCUT2D eigenvalue weighted by atomic mass is 32.2. The van der Waals surface area contributed by atoms with Gasteiger partial charge in [-0.2, -0.15) is 8.42 Å². The van der Waals surface area contributed by atoms with Crippen LogP contribution < -0.4 is 0 Å². The van der Waals surface area contributed by atoms with Crippen molar-refractivity contribution in [2.24, 2.45) is 4.40 Å². The van der Waals surface area contributed by atoms with Crippen molar-refractivity contribution in [1.82, 2.24) is 4.90 Å². The van der Waals surface area contributed by atoms with Crippen LogP contribution in [-0.2, 0) is 10.0 Å². The second-order valence-corrected chi connectivity index (χ2v) is 9.28. The molecule has 0 fully saturated rings. The van der Waals surface area contributed by atoms with Crippen LogP contribution in [0.3, 0.4) is 0 Å². The van der Waals surface area contributed by atoms with Crippen molar-refractivity contribution in [3.05, 3.63) is 41.5 Å². The molecule has 0 atom stereocenters. The van der Waals surface area contributed by atoms with Gasteiger partial charge in [-0.1, -0.05) is 29.3 Å². The first-order chi connectivity index (χ1) is 12.2. The van der Waals surface area contributed by atoms with Crippen molar-refractivity contribution in [2.75, 3.05) is 0 Å². The average molecular weight is 377 g/mol. The van der Waals surface area contributed by atoms with E-state index in [-0.39, 0.29) is 17.0 Å². The Morgan fingerprint density at radius 1 is 1.08 bits per heavy atom. The van der Waals surface area contributed by atoms with Gasteiger partial charge in [0, 0.05) is 18.5 Å². The number of hydrogen-bond acceptors (Lipinski definition) is 2. The lowest BCUT2D eigenvalue weighted by atomic mass is 9.96. The Bertz CT molecular complexity index is 752. The smallest absolute Gasteiger partial charge is 0.283 e. The molecule has 0 N–H and O–H groups in total. The van der Waals surface area contributed by atoms with Crippen LogP contribution in [0, 0.1) is 6.92 Å². The van der Waals surface area contributed by atoms with E-state index in [1.54, 1.807) is 12.1 Å². The fourth-order valence-electron chi connectivity index (χ4n) is 3.53. The molecular weight excluding hydrogens is 344 g/mol. The first-order valence-electron chi connectivity index (χ1n) is 9.57. The summed E-state index contributed by atoms with van der Waals surface area (Å²) in [5, 5.41) is 0. The van der Waals surface area contributed by atoms with Gasteiger partial charge in [-0.25, -0.2) is 0 Å². The number of sulfonamides is 1. The second-order valence-electron chi connectivity index (χ2n) is 7.68. The molecule has 0 unspecified atom stereocenters. The van der Waals surface area contributed by atoms with Crippen LogP contribution in [-0.4, -0.2) is 31.2 Å². The number of rotatable bonds is 6. The molecule has 1 aromatic rings. The lowest BCUT2D eigenvalue weighted by Gasteiger charge is -2.34. The SMILES string of the molecule is Cc1ccc(S(=O)(=O)/N=C(/CC2=CCCCC2)N(C(C)C)C(C)C)cc1. The molecular formula is C21H32N2O2S. The molecule has 0 amide bonds. The molecule has 0 bridgehead atoms.